The summed E-state index contributed by atoms with van der Waals surface area (Å²) in [6.45, 7) is 4.79. The van der Waals surface area contributed by atoms with Gasteiger partial charge in [-0.25, -0.2) is 0 Å². The predicted octanol–water partition coefficient (Wildman–Crippen LogP) is 2.95. The van der Waals surface area contributed by atoms with E-state index in [1.165, 1.54) is 41.8 Å². The molecule has 0 spiro atoms. The van der Waals surface area contributed by atoms with Crippen LogP contribution in [0, 0.1) is 5.92 Å². The van der Waals surface area contributed by atoms with Crippen LogP contribution in [-0.4, -0.2) is 41.9 Å². The summed E-state index contributed by atoms with van der Waals surface area (Å²) in [4.78, 5) is 2.54. The Balaban J connectivity index is 1.28. The molecule has 2 aromatic rings. The van der Waals surface area contributed by atoms with Crippen LogP contribution in [0.15, 0.2) is 24.3 Å². The molecular formula is C20H27N3O2. The zero-order valence-corrected chi connectivity index (χ0v) is 15.0. The summed E-state index contributed by atoms with van der Waals surface area (Å²) >= 11 is 0. The fourth-order valence-corrected chi connectivity index (χ4v) is 3.96. The molecule has 3 heterocycles. The number of rotatable bonds is 5. The van der Waals surface area contributed by atoms with E-state index in [1.807, 2.05) is 0 Å². The van der Waals surface area contributed by atoms with Gasteiger partial charge in [0.2, 0.25) is 0 Å². The van der Waals surface area contributed by atoms with Gasteiger partial charge in [0.1, 0.15) is 5.75 Å². The van der Waals surface area contributed by atoms with Crippen LogP contribution < -0.4 is 4.74 Å². The Bertz CT molecular complexity index is 687. The van der Waals surface area contributed by atoms with Crippen LogP contribution in [-0.2, 0) is 30.7 Å². The Hall–Kier alpha value is -1.85. The minimum Gasteiger partial charge on any atom is -0.497 e. The number of likely N-dealkylation sites (tertiary alicyclic amines) is 1. The molecule has 0 atom stereocenters. The summed E-state index contributed by atoms with van der Waals surface area (Å²) in [7, 11) is 1.72. The van der Waals surface area contributed by atoms with Crippen LogP contribution in [0.2, 0.25) is 0 Å². The van der Waals surface area contributed by atoms with Gasteiger partial charge in [0.25, 0.3) is 0 Å². The number of piperidine rings is 1. The highest BCUT2D eigenvalue weighted by Crippen LogP contribution is 2.25. The van der Waals surface area contributed by atoms with Crippen LogP contribution in [0.25, 0.3) is 0 Å². The molecule has 5 heteroatoms. The van der Waals surface area contributed by atoms with Crippen molar-refractivity contribution in [2.45, 2.75) is 38.8 Å². The number of benzene rings is 1. The normalized spacial score (nSPS) is 18.9. The van der Waals surface area contributed by atoms with Crippen molar-refractivity contribution in [3.05, 3.63) is 46.8 Å². The summed E-state index contributed by atoms with van der Waals surface area (Å²) in [5.41, 5.74) is 5.17. The molecule has 1 aromatic carbocycles. The van der Waals surface area contributed by atoms with E-state index >= 15 is 0 Å². The van der Waals surface area contributed by atoms with Gasteiger partial charge in [-0.3, -0.25) is 10.00 Å². The third kappa shape index (κ3) is 3.88. The van der Waals surface area contributed by atoms with Crippen molar-refractivity contribution in [1.29, 1.82) is 0 Å². The van der Waals surface area contributed by atoms with Gasteiger partial charge in [0, 0.05) is 24.2 Å². The molecular weight excluding hydrogens is 314 g/mol. The van der Waals surface area contributed by atoms with Gasteiger partial charge in [-0.1, -0.05) is 12.1 Å². The summed E-state index contributed by atoms with van der Waals surface area (Å²) in [6.07, 6.45) is 4.65. The summed E-state index contributed by atoms with van der Waals surface area (Å²) in [5.74, 6) is 1.71. The molecule has 0 amide bonds. The van der Waals surface area contributed by atoms with Crippen LogP contribution in [0.4, 0.5) is 0 Å². The quantitative estimate of drug-likeness (QED) is 0.908. The van der Waals surface area contributed by atoms with Crippen molar-refractivity contribution in [3.63, 3.8) is 0 Å². The van der Waals surface area contributed by atoms with E-state index in [4.69, 9.17) is 9.47 Å². The average Bonchev–Trinajstić information content (AvgIpc) is 3.07. The second kappa shape index (κ2) is 7.58. The van der Waals surface area contributed by atoms with E-state index < -0.39 is 0 Å². The third-order valence-electron chi connectivity index (χ3n) is 5.55. The maximum atomic E-state index is 5.60. The fraction of sp³-hybridized carbons (Fsp3) is 0.550. The number of hydrogen-bond donors (Lipinski definition) is 1. The monoisotopic (exact) mass is 341 g/mol. The van der Waals surface area contributed by atoms with Gasteiger partial charge in [-0.05, 0) is 56.0 Å². The van der Waals surface area contributed by atoms with Gasteiger partial charge < -0.3 is 9.47 Å². The van der Waals surface area contributed by atoms with E-state index in [2.05, 4.69) is 39.4 Å². The van der Waals surface area contributed by atoms with Crippen LogP contribution in [0.1, 0.15) is 35.4 Å². The number of nitrogens with zero attached hydrogens (tertiary/aromatic N) is 2. The lowest BCUT2D eigenvalue weighted by Gasteiger charge is -2.31. The maximum Gasteiger partial charge on any atom is 0.118 e. The van der Waals surface area contributed by atoms with Crippen molar-refractivity contribution in [2.75, 3.05) is 26.8 Å². The fourth-order valence-electron chi connectivity index (χ4n) is 3.96. The van der Waals surface area contributed by atoms with Crippen molar-refractivity contribution in [3.8, 4) is 5.75 Å². The second-order valence-electron chi connectivity index (χ2n) is 7.20. The zero-order valence-electron chi connectivity index (χ0n) is 15.0. The molecule has 2 aliphatic rings. The number of fused-ring (bicyclic) bond motifs is 1. The van der Waals surface area contributed by atoms with Crippen molar-refractivity contribution in [2.24, 2.45) is 5.92 Å². The van der Waals surface area contributed by atoms with Crippen LogP contribution >= 0.6 is 0 Å². The highest BCUT2D eigenvalue weighted by Gasteiger charge is 2.23. The minimum atomic E-state index is 0.717. The number of hydrogen-bond acceptors (Lipinski definition) is 4. The lowest BCUT2D eigenvalue weighted by molar-refractivity contribution is 0.108. The lowest BCUT2D eigenvalue weighted by atomic mass is 9.90. The number of ether oxygens (including phenoxy) is 2. The molecule has 2 aliphatic heterocycles. The number of methoxy groups -OCH3 is 1. The maximum absolute atomic E-state index is 5.60. The lowest BCUT2D eigenvalue weighted by Crippen LogP contribution is -2.34. The van der Waals surface area contributed by atoms with E-state index in [-0.39, 0.29) is 0 Å². The Kier molecular flexibility index (Phi) is 5.04. The van der Waals surface area contributed by atoms with Crippen LogP contribution in [0.3, 0.4) is 0 Å². The Morgan fingerprint density at radius 2 is 2.04 bits per heavy atom. The van der Waals surface area contributed by atoms with Crippen molar-refractivity contribution >= 4 is 0 Å². The van der Waals surface area contributed by atoms with Gasteiger partial charge in [0.15, 0.2) is 0 Å². The predicted molar refractivity (Wildman–Crippen MR) is 96.6 cm³/mol. The highest BCUT2D eigenvalue weighted by atomic mass is 16.5. The first kappa shape index (κ1) is 16.6. The summed E-state index contributed by atoms with van der Waals surface area (Å²) in [5, 5.41) is 7.74. The molecule has 4 rings (SSSR count). The molecule has 0 saturated carbocycles. The second-order valence-corrected chi connectivity index (χ2v) is 7.20. The average molecular weight is 341 g/mol. The Morgan fingerprint density at radius 3 is 2.80 bits per heavy atom. The molecule has 1 fully saturated rings. The number of aromatic amines is 1. The van der Waals surface area contributed by atoms with Crippen molar-refractivity contribution in [1.82, 2.24) is 15.1 Å². The standard InChI is InChI=1S/C20H27N3O2/c1-24-17-4-2-15(3-5-17)12-16-6-9-23(10-7-16)13-20-18-14-25-11-8-19(18)21-22-20/h2-5,16H,6-14H2,1H3,(H,21,22). The molecule has 0 bridgehead atoms. The van der Waals surface area contributed by atoms with E-state index in [0.717, 1.165) is 50.9 Å². The smallest absolute Gasteiger partial charge is 0.118 e. The van der Waals surface area contributed by atoms with Gasteiger partial charge >= 0.3 is 0 Å². The largest absolute Gasteiger partial charge is 0.497 e. The Morgan fingerprint density at radius 1 is 1.24 bits per heavy atom. The third-order valence-corrected chi connectivity index (χ3v) is 5.55. The topological polar surface area (TPSA) is 50.4 Å². The molecule has 0 aliphatic carbocycles. The van der Waals surface area contributed by atoms with Gasteiger partial charge in [0.05, 0.1) is 26.0 Å². The first-order valence-corrected chi connectivity index (χ1v) is 9.30. The Labute approximate surface area is 149 Å². The number of H-pyrrole nitrogens is 1. The molecule has 1 aromatic heterocycles. The van der Waals surface area contributed by atoms with E-state index in [9.17, 15) is 0 Å². The van der Waals surface area contributed by atoms with Crippen molar-refractivity contribution < 1.29 is 9.47 Å². The van der Waals surface area contributed by atoms with Crippen LogP contribution in [0.5, 0.6) is 5.75 Å². The zero-order chi connectivity index (χ0) is 17.1. The van der Waals surface area contributed by atoms with Gasteiger partial charge in [-0.2, -0.15) is 5.10 Å². The van der Waals surface area contributed by atoms with Gasteiger partial charge in [-0.15, -0.1) is 0 Å². The molecule has 1 N–H and O–H groups in total. The first-order chi connectivity index (χ1) is 12.3. The SMILES string of the molecule is COc1ccc(CC2CCN(Cc3n[nH]c4c3COCC4)CC2)cc1. The molecule has 0 unspecified atom stereocenters. The molecule has 25 heavy (non-hydrogen) atoms. The molecule has 0 radical (unpaired) electrons. The number of aromatic nitrogens is 2. The minimum absolute atomic E-state index is 0.717. The molecule has 134 valence electrons. The first-order valence-electron chi connectivity index (χ1n) is 9.30. The molecule has 1 saturated heterocycles. The number of nitrogens with one attached hydrogen (secondary N) is 1. The summed E-state index contributed by atoms with van der Waals surface area (Å²) < 4.78 is 10.8. The highest BCUT2D eigenvalue weighted by molar-refractivity contribution is 5.28. The molecule has 5 nitrogen and oxygen atoms in total. The van der Waals surface area contributed by atoms with E-state index in [1.54, 1.807) is 7.11 Å². The van der Waals surface area contributed by atoms with E-state index in [0.29, 0.717) is 0 Å². The summed E-state index contributed by atoms with van der Waals surface area (Å²) in [6, 6.07) is 8.52.